The second kappa shape index (κ2) is 6.35. The number of carbonyl (C=O) groups excluding carboxylic acids is 2. The third-order valence-corrected chi connectivity index (χ3v) is 2.74. The molecule has 0 heterocycles. The lowest BCUT2D eigenvalue weighted by Gasteiger charge is -2.08. The summed E-state index contributed by atoms with van der Waals surface area (Å²) in [4.78, 5) is 33.8. The molecule has 0 saturated carbocycles. The Labute approximate surface area is 124 Å². The van der Waals surface area contributed by atoms with Gasteiger partial charge >= 0.3 is 0 Å². The van der Waals surface area contributed by atoms with Crippen molar-refractivity contribution in [3.63, 3.8) is 0 Å². The number of benzene rings is 2. The van der Waals surface area contributed by atoms with Crippen LogP contribution in [-0.2, 0) is 0 Å². The van der Waals surface area contributed by atoms with Crippen LogP contribution < -0.4 is 10.9 Å². The summed E-state index contributed by atoms with van der Waals surface area (Å²) in [6, 6.07) is 10.9. The Morgan fingerprint density at radius 3 is 2.36 bits per heavy atom. The second-order valence-electron chi connectivity index (χ2n) is 4.23. The number of para-hydroxylation sites is 1. The predicted octanol–water partition coefficient (Wildman–Crippen LogP) is 1.38. The van der Waals surface area contributed by atoms with E-state index in [0.717, 1.165) is 0 Å². The van der Waals surface area contributed by atoms with Crippen LogP contribution in [0.15, 0.2) is 48.5 Å². The zero-order valence-corrected chi connectivity index (χ0v) is 11.1. The van der Waals surface area contributed by atoms with Gasteiger partial charge in [-0.2, -0.15) is 0 Å². The molecule has 112 valence electrons. The number of hydrogen-bond donors (Lipinski definition) is 3. The molecule has 0 aliphatic heterocycles. The molecule has 0 atom stereocenters. The molecular weight excluding hydrogens is 290 g/mol. The molecule has 0 spiro atoms. The molecule has 0 aromatic heterocycles. The van der Waals surface area contributed by atoms with Crippen LogP contribution in [0.3, 0.4) is 0 Å². The van der Waals surface area contributed by atoms with Gasteiger partial charge in [0.15, 0.2) is 0 Å². The third kappa shape index (κ3) is 3.37. The molecule has 8 nitrogen and oxygen atoms in total. The van der Waals surface area contributed by atoms with E-state index in [-0.39, 0.29) is 22.6 Å². The van der Waals surface area contributed by atoms with E-state index in [1.54, 1.807) is 0 Å². The first-order valence-corrected chi connectivity index (χ1v) is 6.12. The fraction of sp³-hybridized carbons (Fsp3) is 0. The monoisotopic (exact) mass is 301 g/mol. The van der Waals surface area contributed by atoms with Gasteiger partial charge in [0, 0.05) is 11.6 Å². The zero-order chi connectivity index (χ0) is 16.1. The van der Waals surface area contributed by atoms with Gasteiger partial charge in [-0.15, -0.1) is 0 Å². The first-order chi connectivity index (χ1) is 10.5. The van der Waals surface area contributed by atoms with Crippen LogP contribution in [0.5, 0.6) is 5.75 Å². The Hall–Kier alpha value is -3.42. The topological polar surface area (TPSA) is 122 Å². The molecule has 8 heteroatoms. The van der Waals surface area contributed by atoms with E-state index in [4.69, 9.17) is 0 Å². The number of hydrogen-bond acceptors (Lipinski definition) is 5. The van der Waals surface area contributed by atoms with Gasteiger partial charge in [0.1, 0.15) is 11.3 Å². The van der Waals surface area contributed by atoms with Crippen molar-refractivity contribution in [2.75, 3.05) is 0 Å². The number of carbonyl (C=O) groups is 2. The van der Waals surface area contributed by atoms with E-state index < -0.39 is 16.7 Å². The van der Waals surface area contributed by atoms with Gasteiger partial charge in [0.05, 0.1) is 4.92 Å². The van der Waals surface area contributed by atoms with Crippen LogP contribution in [0.4, 0.5) is 5.69 Å². The van der Waals surface area contributed by atoms with Crippen molar-refractivity contribution < 1.29 is 19.6 Å². The highest BCUT2D eigenvalue weighted by molar-refractivity contribution is 6.01. The van der Waals surface area contributed by atoms with Crippen molar-refractivity contribution in [2.45, 2.75) is 0 Å². The number of nitro benzene ring substituents is 1. The van der Waals surface area contributed by atoms with Crippen LogP contribution in [0, 0.1) is 10.1 Å². The highest BCUT2D eigenvalue weighted by atomic mass is 16.6. The van der Waals surface area contributed by atoms with Crippen LogP contribution in [0.1, 0.15) is 20.7 Å². The lowest BCUT2D eigenvalue weighted by atomic mass is 10.2. The third-order valence-electron chi connectivity index (χ3n) is 2.74. The average molecular weight is 301 g/mol. The van der Waals surface area contributed by atoms with Crippen molar-refractivity contribution in [3.05, 3.63) is 69.8 Å². The minimum atomic E-state index is -0.819. The summed E-state index contributed by atoms with van der Waals surface area (Å²) in [5, 5.41) is 20.1. The molecule has 0 aliphatic rings. The van der Waals surface area contributed by atoms with E-state index in [0.29, 0.717) is 0 Å². The van der Waals surface area contributed by atoms with Gasteiger partial charge in [-0.05, 0) is 24.3 Å². The number of hydrazine groups is 1. The number of nitrogens with one attached hydrogen (secondary N) is 2. The number of phenolic OH excluding ortho intramolecular Hbond substituents is 1. The Kier molecular flexibility index (Phi) is 4.33. The molecule has 22 heavy (non-hydrogen) atoms. The molecule has 2 aromatic rings. The average Bonchev–Trinajstić information content (AvgIpc) is 2.52. The van der Waals surface area contributed by atoms with Gasteiger partial charge in [0.2, 0.25) is 0 Å². The Morgan fingerprint density at radius 2 is 1.68 bits per heavy atom. The van der Waals surface area contributed by atoms with Crippen LogP contribution in [-0.4, -0.2) is 21.8 Å². The van der Waals surface area contributed by atoms with Crippen molar-refractivity contribution in [1.29, 1.82) is 0 Å². The van der Waals surface area contributed by atoms with Crippen molar-refractivity contribution in [2.24, 2.45) is 0 Å². The second-order valence-corrected chi connectivity index (χ2v) is 4.23. The Bertz CT molecular complexity index is 745. The van der Waals surface area contributed by atoms with Gasteiger partial charge in [-0.3, -0.25) is 30.6 Å². The lowest BCUT2D eigenvalue weighted by Crippen LogP contribution is -2.41. The largest absolute Gasteiger partial charge is 0.508 e. The summed E-state index contributed by atoms with van der Waals surface area (Å²) in [5.41, 5.74) is 3.79. The molecule has 0 aliphatic carbocycles. The summed E-state index contributed by atoms with van der Waals surface area (Å²) in [6.45, 7) is 0. The maximum atomic E-state index is 11.9. The predicted molar refractivity (Wildman–Crippen MR) is 76.1 cm³/mol. The number of nitro groups is 1. The number of amides is 2. The smallest absolute Gasteiger partial charge is 0.282 e. The summed E-state index contributed by atoms with van der Waals surface area (Å²) >= 11 is 0. The number of aromatic hydroxyl groups is 1. The fourth-order valence-electron chi connectivity index (χ4n) is 1.73. The van der Waals surface area contributed by atoms with Gasteiger partial charge in [-0.1, -0.05) is 18.2 Å². The van der Waals surface area contributed by atoms with Gasteiger partial charge < -0.3 is 5.11 Å². The lowest BCUT2D eigenvalue weighted by molar-refractivity contribution is -0.385. The molecule has 0 saturated heterocycles. The highest BCUT2D eigenvalue weighted by Crippen LogP contribution is 2.17. The summed E-state index contributed by atoms with van der Waals surface area (Å²) in [7, 11) is 0. The number of nitrogens with zero attached hydrogens (tertiary/aromatic N) is 1. The van der Waals surface area contributed by atoms with E-state index in [9.17, 15) is 24.8 Å². The van der Waals surface area contributed by atoms with Crippen molar-refractivity contribution in [1.82, 2.24) is 10.9 Å². The minimum absolute atomic E-state index is 0.0994. The van der Waals surface area contributed by atoms with E-state index >= 15 is 0 Å². The number of rotatable bonds is 3. The highest BCUT2D eigenvalue weighted by Gasteiger charge is 2.19. The SMILES string of the molecule is O=C(NNC(=O)c1ccccc1[N+](=O)[O-])c1cccc(O)c1. The van der Waals surface area contributed by atoms with Crippen LogP contribution in [0.25, 0.3) is 0 Å². The molecular formula is C14H11N3O5. The molecule has 0 bridgehead atoms. The first-order valence-electron chi connectivity index (χ1n) is 6.12. The first kappa shape index (κ1) is 15.0. The molecule has 2 amide bonds. The van der Waals surface area contributed by atoms with Crippen LogP contribution >= 0.6 is 0 Å². The maximum Gasteiger partial charge on any atom is 0.282 e. The Balaban J connectivity index is 2.07. The number of phenols is 1. The summed E-state index contributed by atoms with van der Waals surface area (Å²) in [6.07, 6.45) is 0. The zero-order valence-electron chi connectivity index (χ0n) is 11.1. The fourth-order valence-corrected chi connectivity index (χ4v) is 1.73. The Morgan fingerprint density at radius 1 is 1.00 bits per heavy atom. The summed E-state index contributed by atoms with van der Waals surface area (Å²) < 4.78 is 0. The molecule has 2 rings (SSSR count). The summed E-state index contributed by atoms with van der Waals surface area (Å²) in [5.74, 6) is -1.58. The quantitative estimate of drug-likeness (QED) is 0.584. The van der Waals surface area contributed by atoms with E-state index in [2.05, 4.69) is 10.9 Å². The molecule has 0 fully saturated rings. The van der Waals surface area contributed by atoms with Crippen molar-refractivity contribution in [3.8, 4) is 5.75 Å². The minimum Gasteiger partial charge on any atom is -0.508 e. The van der Waals surface area contributed by atoms with Gasteiger partial charge in [0.25, 0.3) is 17.5 Å². The molecule has 0 unspecified atom stereocenters. The van der Waals surface area contributed by atoms with E-state index in [1.807, 2.05) is 0 Å². The van der Waals surface area contributed by atoms with Gasteiger partial charge in [-0.25, -0.2) is 0 Å². The van der Waals surface area contributed by atoms with Crippen LogP contribution in [0.2, 0.25) is 0 Å². The van der Waals surface area contributed by atoms with Crippen molar-refractivity contribution >= 4 is 17.5 Å². The normalized spacial score (nSPS) is 9.82. The molecule has 3 N–H and O–H groups in total. The standard InChI is InChI=1S/C14H11N3O5/c18-10-5-3-4-9(8-10)13(19)15-16-14(20)11-6-1-2-7-12(11)17(21)22/h1-8,18H,(H,15,19)(H,16,20). The molecule has 0 radical (unpaired) electrons. The van der Waals surface area contributed by atoms with E-state index in [1.165, 1.54) is 48.5 Å². The molecule has 2 aromatic carbocycles. The maximum absolute atomic E-state index is 11.9.